The molecule has 0 amide bonds. The molecule has 0 bridgehead atoms. The summed E-state index contributed by atoms with van der Waals surface area (Å²) in [7, 11) is -3.32. The van der Waals surface area contributed by atoms with E-state index < -0.39 is 15.8 Å². The highest BCUT2D eigenvalue weighted by Gasteiger charge is 2.19. The largest absolute Gasteiger partial charge is 0.456 e. The maximum atomic E-state index is 12.8. The summed E-state index contributed by atoms with van der Waals surface area (Å²) in [6, 6.07) is 23.4. The van der Waals surface area contributed by atoms with Crippen molar-refractivity contribution in [1.29, 1.82) is 0 Å². The van der Waals surface area contributed by atoms with Gasteiger partial charge < -0.3 is 4.74 Å². The Kier molecular flexibility index (Phi) is 6.49. The van der Waals surface area contributed by atoms with Crippen LogP contribution in [-0.2, 0) is 21.2 Å². The van der Waals surface area contributed by atoms with E-state index in [0.29, 0.717) is 11.4 Å². The van der Waals surface area contributed by atoms with Gasteiger partial charge in [0.25, 0.3) is 0 Å². The van der Waals surface area contributed by atoms with Crippen LogP contribution in [-0.4, -0.2) is 30.4 Å². The molecule has 8 heteroatoms. The lowest BCUT2D eigenvalue weighted by Gasteiger charge is -2.09. The second kappa shape index (κ2) is 9.33. The molecule has 0 aliphatic rings. The molecular weight excluding hydrogens is 504 g/mol. The van der Waals surface area contributed by atoms with Crippen molar-refractivity contribution in [2.45, 2.75) is 18.4 Å². The molecule has 0 spiro atoms. The topological polar surface area (TPSA) is 78.3 Å². The highest BCUT2D eigenvalue weighted by molar-refractivity contribution is 9.10. The maximum Gasteiger partial charge on any atom is 0.359 e. The first-order chi connectivity index (χ1) is 15.7. The Labute approximate surface area is 200 Å². The molecule has 0 unspecified atom stereocenters. The van der Waals surface area contributed by atoms with Gasteiger partial charge in [0.15, 0.2) is 15.5 Å². The number of aryl methyl sites for hydroxylation is 1. The van der Waals surface area contributed by atoms with Crippen LogP contribution in [0.15, 0.2) is 88.2 Å². The maximum absolute atomic E-state index is 12.8. The zero-order valence-electron chi connectivity index (χ0n) is 18.0. The quantitative estimate of drug-likeness (QED) is 0.317. The number of rotatable bonds is 6. The Morgan fingerprint density at radius 1 is 0.970 bits per heavy atom. The molecule has 0 aliphatic heterocycles. The van der Waals surface area contributed by atoms with Gasteiger partial charge in [-0.2, -0.15) is 5.10 Å². The Bertz CT molecular complexity index is 1390. The highest BCUT2D eigenvalue weighted by atomic mass is 79.9. The van der Waals surface area contributed by atoms with Crippen molar-refractivity contribution < 1.29 is 17.9 Å². The lowest BCUT2D eigenvalue weighted by Crippen LogP contribution is -2.07. The summed E-state index contributed by atoms with van der Waals surface area (Å²) in [4.78, 5) is 13.0. The van der Waals surface area contributed by atoms with E-state index in [1.807, 2.05) is 55.5 Å². The number of benzene rings is 3. The average Bonchev–Trinajstić information content (AvgIpc) is 3.24. The predicted octanol–water partition coefficient (Wildman–Crippen LogP) is 5.37. The third-order valence-corrected chi connectivity index (χ3v) is 6.72. The molecule has 0 saturated carbocycles. The molecule has 0 aliphatic carbocycles. The fourth-order valence-electron chi connectivity index (χ4n) is 3.25. The molecule has 33 heavy (non-hydrogen) atoms. The minimum absolute atomic E-state index is 0.127. The van der Waals surface area contributed by atoms with Crippen molar-refractivity contribution in [3.63, 3.8) is 0 Å². The van der Waals surface area contributed by atoms with Crippen LogP contribution in [0.4, 0.5) is 0 Å². The van der Waals surface area contributed by atoms with E-state index in [1.165, 1.54) is 12.1 Å². The minimum Gasteiger partial charge on any atom is -0.456 e. The zero-order chi connectivity index (χ0) is 23.6. The van der Waals surface area contributed by atoms with Gasteiger partial charge in [-0.05, 0) is 55.0 Å². The number of sulfone groups is 1. The summed E-state index contributed by atoms with van der Waals surface area (Å²) >= 11 is 3.38. The van der Waals surface area contributed by atoms with E-state index in [4.69, 9.17) is 4.74 Å². The van der Waals surface area contributed by atoms with Crippen LogP contribution in [0.1, 0.15) is 21.6 Å². The molecule has 4 aromatic rings. The van der Waals surface area contributed by atoms with E-state index in [2.05, 4.69) is 21.0 Å². The summed E-state index contributed by atoms with van der Waals surface area (Å²) in [6.45, 7) is 2.12. The molecule has 1 aromatic heterocycles. The lowest BCUT2D eigenvalue weighted by atomic mass is 10.1. The Morgan fingerprint density at radius 2 is 1.61 bits per heavy atom. The molecule has 1 heterocycles. The number of halogens is 1. The Morgan fingerprint density at radius 3 is 2.21 bits per heavy atom. The second-order valence-electron chi connectivity index (χ2n) is 7.66. The standard InChI is InChI=1S/C25H21BrN2O4S/c1-17-3-7-19(8-4-17)24-15-23(25(29)32-16-18-5-9-20(26)10-6-18)27-28(24)21-11-13-22(14-12-21)33(2,30)31/h3-15H,16H2,1-2H3. The number of aromatic nitrogens is 2. The number of esters is 1. The van der Waals surface area contributed by atoms with Crippen molar-refractivity contribution in [2.24, 2.45) is 0 Å². The third-order valence-electron chi connectivity index (χ3n) is 5.06. The van der Waals surface area contributed by atoms with Crippen molar-refractivity contribution in [3.05, 3.63) is 100 Å². The summed E-state index contributed by atoms with van der Waals surface area (Å²) < 4.78 is 31.7. The van der Waals surface area contributed by atoms with Gasteiger partial charge in [0.1, 0.15) is 6.61 Å². The van der Waals surface area contributed by atoms with Crippen molar-refractivity contribution in [2.75, 3.05) is 6.26 Å². The second-order valence-corrected chi connectivity index (χ2v) is 10.6. The van der Waals surface area contributed by atoms with Gasteiger partial charge in [-0.3, -0.25) is 0 Å². The van der Waals surface area contributed by atoms with Gasteiger partial charge in [-0.1, -0.05) is 57.9 Å². The monoisotopic (exact) mass is 524 g/mol. The number of hydrogen-bond acceptors (Lipinski definition) is 5. The van der Waals surface area contributed by atoms with Gasteiger partial charge in [0.2, 0.25) is 0 Å². The summed E-state index contributed by atoms with van der Waals surface area (Å²) in [5.41, 5.74) is 4.32. The van der Waals surface area contributed by atoms with E-state index >= 15 is 0 Å². The molecule has 4 rings (SSSR count). The van der Waals surface area contributed by atoms with Gasteiger partial charge in [-0.25, -0.2) is 17.9 Å². The number of nitrogens with zero attached hydrogens (tertiary/aromatic N) is 2. The van der Waals surface area contributed by atoms with Crippen molar-refractivity contribution >= 4 is 31.7 Å². The fourth-order valence-corrected chi connectivity index (χ4v) is 4.14. The minimum atomic E-state index is -3.32. The molecule has 0 N–H and O–H groups in total. The first-order valence-electron chi connectivity index (χ1n) is 10.1. The fraction of sp³-hybridized carbons (Fsp3) is 0.120. The SMILES string of the molecule is Cc1ccc(-c2cc(C(=O)OCc3ccc(Br)cc3)nn2-c2ccc(S(C)(=O)=O)cc2)cc1. The number of hydrogen-bond donors (Lipinski definition) is 0. The molecule has 0 fully saturated rings. The predicted molar refractivity (Wildman–Crippen MR) is 130 cm³/mol. The van der Waals surface area contributed by atoms with Crippen LogP contribution in [0.3, 0.4) is 0 Å². The Balaban J connectivity index is 1.68. The molecular formula is C25H21BrN2O4S. The van der Waals surface area contributed by atoms with Gasteiger partial charge >= 0.3 is 5.97 Å². The van der Waals surface area contributed by atoms with Crippen LogP contribution < -0.4 is 0 Å². The van der Waals surface area contributed by atoms with Gasteiger partial charge in [0, 0.05) is 16.3 Å². The Hall–Kier alpha value is -3.23. The van der Waals surface area contributed by atoms with Crippen LogP contribution in [0.5, 0.6) is 0 Å². The molecule has 0 saturated heterocycles. The lowest BCUT2D eigenvalue weighted by molar-refractivity contribution is 0.0465. The van der Waals surface area contributed by atoms with Crippen LogP contribution in [0, 0.1) is 6.92 Å². The summed E-state index contributed by atoms with van der Waals surface area (Å²) in [5, 5.41) is 4.48. The van der Waals surface area contributed by atoms with E-state index in [-0.39, 0.29) is 17.2 Å². The molecule has 3 aromatic carbocycles. The van der Waals surface area contributed by atoms with Crippen LogP contribution in [0.25, 0.3) is 16.9 Å². The molecule has 0 radical (unpaired) electrons. The number of ether oxygens (including phenoxy) is 1. The molecule has 168 valence electrons. The smallest absolute Gasteiger partial charge is 0.359 e. The van der Waals surface area contributed by atoms with E-state index in [9.17, 15) is 13.2 Å². The summed E-state index contributed by atoms with van der Waals surface area (Å²) in [6.07, 6.45) is 1.16. The van der Waals surface area contributed by atoms with E-state index in [0.717, 1.165) is 27.4 Å². The van der Waals surface area contributed by atoms with E-state index in [1.54, 1.807) is 22.9 Å². The summed E-state index contributed by atoms with van der Waals surface area (Å²) in [5.74, 6) is -0.544. The first-order valence-corrected chi connectivity index (χ1v) is 12.8. The number of carbonyl (C=O) groups excluding carboxylic acids is 1. The first kappa shape index (κ1) is 22.9. The average molecular weight is 525 g/mol. The normalized spacial score (nSPS) is 11.4. The van der Waals surface area contributed by atoms with Crippen molar-refractivity contribution in [1.82, 2.24) is 9.78 Å². The van der Waals surface area contributed by atoms with Gasteiger partial charge in [0.05, 0.1) is 16.3 Å². The number of carbonyl (C=O) groups is 1. The molecule has 0 atom stereocenters. The molecule has 6 nitrogen and oxygen atoms in total. The van der Waals surface area contributed by atoms with Gasteiger partial charge in [-0.15, -0.1) is 0 Å². The highest BCUT2D eigenvalue weighted by Crippen LogP contribution is 2.26. The van der Waals surface area contributed by atoms with Crippen molar-refractivity contribution in [3.8, 4) is 16.9 Å². The van der Waals surface area contributed by atoms with Crippen LogP contribution >= 0.6 is 15.9 Å². The van der Waals surface area contributed by atoms with Crippen LogP contribution in [0.2, 0.25) is 0 Å². The zero-order valence-corrected chi connectivity index (χ0v) is 20.4. The third kappa shape index (κ3) is 5.40.